The number of amides is 1. The lowest BCUT2D eigenvalue weighted by Crippen LogP contribution is -2.39. The second-order valence-corrected chi connectivity index (χ2v) is 9.58. The molecule has 8 nitrogen and oxygen atoms in total. The van der Waals surface area contributed by atoms with Crippen LogP contribution in [-0.2, 0) is 14.8 Å². The zero-order valence-corrected chi connectivity index (χ0v) is 20.3. The van der Waals surface area contributed by atoms with Crippen molar-refractivity contribution >= 4 is 51.0 Å². The van der Waals surface area contributed by atoms with Gasteiger partial charge in [-0.05, 0) is 61.0 Å². The van der Waals surface area contributed by atoms with E-state index in [0.717, 1.165) is 4.31 Å². The van der Waals surface area contributed by atoms with Gasteiger partial charge in [-0.2, -0.15) is 5.10 Å². The summed E-state index contributed by atoms with van der Waals surface area (Å²) in [6, 6.07) is 16.5. The van der Waals surface area contributed by atoms with Crippen LogP contribution < -0.4 is 14.5 Å². The van der Waals surface area contributed by atoms with Crippen LogP contribution in [0.3, 0.4) is 0 Å². The SMILES string of the molecule is CCOc1cc(/C=N\NC(=O)CN(c2ccc(Cl)cc2Cl)S(=O)(=O)c2ccccc2)ccc1O. The number of nitrogens with zero attached hydrogens (tertiary/aromatic N) is 2. The van der Waals surface area contributed by atoms with Gasteiger partial charge in [0, 0.05) is 5.02 Å². The first-order chi connectivity index (χ1) is 16.2. The summed E-state index contributed by atoms with van der Waals surface area (Å²) in [6.07, 6.45) is 1.34. The van der Waals surface area contributed by atoms with Gasteiger partial charge in [-0.1, -0.05) is 41.4 Å². The summed E-state index contributed by atoms with van der Waals surface area (Å²) in [5.41, 5.74) is 2.95. The van der Waals surface area contributed by atoms with Crippen molar-refractivity contribution in [3.05, 3.63) is 82.3 Å². The van der Waals surface area contributed by atoms with Crippen LogP contribution in [-0.4, -0.2) is 38.8 Å². The number of phenols is 1. The predicted octanol–water partition coefficient (Wildman–Crippen LogP) is 4.44. The summed E-state index contributed by atoms with van der Waals surface area (Å²) in [6.45, 7) is 1.56. The summed E-state index contributed by atoms with van der Waals surface area (Å²) in [5.74, 6) is -0.453. The van der Waals surface area contributed by atoms with Crippen molar-refractivity contribution in [3.8, 4) is 11.5 Å². The first kappa shape index (κ1) is 25.4. The van der Waals surface area contributed by atoms with Gasteiger partial charge in [0.2, 0.25) is 0 Å². The molecule has 0 aromatic heterocycles. The first-order valence-corrected chi connectivity index (χ1v) is 12.2. The number of carbonyl (C=O) groups excluding carboxylic acids is 1. The van der Waals surface area contributed by atoms with Gasteiger partial charge in [0.05, 0.1) is 28.4 Å². The molecule has 0 saturated heterocycles. The molecule has 3 aromatic rings. The van der Waals surface area contributed by atoms with E-state index in [1.165, 1.54) is 42.6 Å². The number of aromatic hydroxyl groups is 1. The van der Waals surface area contributed by atoms with Gasteiger partial charge in [0.15, 0.2) is 11.5 Å². The van der Waals surface area contributed by atoms with Crippen molar-refractivity contribution in [2.75, 3.05) is 17.5 Å². The number of nitrogens with one attached hydrogen (secondary N) is 1. The maximum Gasteiger partial charge on any atom is 0.264 e. The van der Waals surface area contributed by atoms with E-state index in [-0.39, 0.29) is 27.1 Å². The molecule has 178 valence electrons. The third kappa shape index (κ3) is 6.19. The molecule has 34 heavy (non-hydrogen) atoms. The Labute approximate surface area is 207 Å². The summed E-state index contributed by atoms with van der Waals surface area (Å²) >= 11 is 12.2. The number of benzene rings is 3. The number of hydrazone groups is 1. The van der Waals surface area contributed by atoms with Gasteiger partial charge >= 0.3 is 0 Å². The van der Waals surface area contributed by atoms with Crippen molar-refractivity contribution in [2.45, 2.75) is 11.8 Å². The van der Waals surface area contributed by atoms with E-state index >= 15 is 0 Å². The zero-order chi connectivity index (χ0) is 24.7. The maximum atomic E-state index is 13.3. The molecular weight excluding hydrogens is 501 g/mol. The Kier molecular flexibility index (Phi) is 8.38. The number of carbonyl (C=O) groups is 1. The van der Waals surface area contributed by atoms with E-state index in [0.29, 0.717) is 17.2 Å². The monoisotopic (exact) mass is 521 g/mol. The lowest BCUT2D eigenvalue weighted by molar-refractivity contribution is -0.119. The van der Waals surface area contributed by atoms with Crippen LogP contribution in [0.4, 0.5) is 5.69 Å². The molecule has 3 aromatic carbocycles. The smallest absolute Gasteiger partial charge is 0.264 e. The van der Waals surface area contributed by atoms with E-state index in [4.69, 9.17) is 27.9 Å². The number of rotatable bonds is 9. The molecule has 0 aliphatic carbocycles. The van der Waals surface area contributed by atoms with Gasteiger partial charge in [0.25, 0.3) is 15.9 Å². The zero-order valence-electron chi connectivity index (χ0n) is 18.0. The number of ether oxygens (including phenoxy) is 1. The van der Waals surface area contributed by atoms with Crippen LogP contribution >= 0.6 is 23.2 Å². The Morgan fingerprint density at radius 1 is 1.12 bits per heavy atom. The lowest BCUT2D eigenvalue weighted by atomic mass is 10.2. The van der Waals surface area contributed by atoms with E-state index in [9.17, 15) is 18.3 Å². The lowest BCUT2D eigenvalue weighted by Gasteiger charge is -2.24. The highest BCUT2D eigenvalue weighted by Gasteiger charge is 2.28. The summed E-state index contributed by atoms with van der Waals surface area (Å²) in [5, 5.41) is 14.0. The number of phenolic OH excluding ortho intramolecular Hbond substituents is 1. The van der Waals surface area contributed by atoms with Crippen molar-refractivity contribution in [2.24, 2.45) is 5.10 Å². The summed E-state index contributed by atoms with van der Waals surface area (Å²) in [7, 11) is -4.13. The molecule has 3 rings (SSSR count). The molecule has 0 spiro atoms. The Bertz CT molecular complexity index is 1300. The number of anilines is 1. The summed E-state index contributed by atoms with van der Waals surface area (Å²) in [4.78, 5) is 12.6. The van der Waals surface area contributed by atoms with Crippen molar-refractivity contribution in [1.29, 1.82) is 0 Å². The Balaban J connectivity index is 1.83. The predicted molar refractivity (Wildman–Crippen MR) is 132 cm³/mol. The third-order valence-corrected chi connectivity index (χ3v) is 6.80. The molecule has 0 fully saturated rings. The molecule has 0 heterocycles. The third-order valence-electron chi connectivity index (χ3n) is 4.48. The number of hydrogen-bond acceptors (Lipinski definition) is 6. The minimum Gasteiger partial charge on any atom is -0.504 e. The highest BCUT2D eigenvalue weighted by molar-refractivity contribution is 7.92. The summed E-state index contributed by atoms with van der Waals surface area (Å²) < 4.78 is 32.8. The average Bonchev–Trinajstić information content (AvgIpc) is 2.81. The van der Waals surface area contributed by atoms with E-state index in [1.54, 1.807) is 37.3 Å². The largest absolute Gasteiger partial charge is 0.504 e. The Morgan fingerprint density at radius 3 is 2.53 bits per heavy atom. The molecule has 0 aliphatic rings. The fourth-order valence-corrected chi connectivity index (χ4v) is 4.95. The maximum absolute atomic E-state index is 13.3. The molecule has 1 amide bonds. The van der Waals surface area contributed by atoms with Gasteiger partial charge < -0.3 is 9.84 Å². The van der Waals surface area contributed by atoms with Crippen LogP contribution in [0.5, 0.6) is 11.5 Å². The molecule has 0 bridgehead atoms. The van der Waals surface area contributed by atoms with Crippen molar-refractivity contribution < 1.29 is 23.1 Å². The molecule has 0 radical (unpaired) electrons. The van der Waals surface area contributed by atoms with Gasteiger partial charge in [0.1, 0.15) is 6.54 Å². The van der Waals surface area contributed by atoms with Crippen molar-refractivity contribution in [1.82, 2.24) is 5.43 Å². The minimum absolute atomic E-state index is 0.00938. The second-order valence-electron chi connectivity index (χ2n) is 6.87. The normalized spacial score (nSPS) is 11.4. The topological polar surface area (TPSA) is 108 Å². The standard InChI is InChI=1S/C23H21Cl2N3O5S/c1-2-33-22-12-16(8-11-21(22)29)14-26-27-23(30)15-28(20-10-9-17(24)13-19(20)25)34(31,32)18-6-4-3-5-7-18/h3-14,29H,2,15H2,1H3,(H,27,30)/b26-14-. The van der Waals surface area contributed by atoms with Crippen LogP contribution in [0.25, 0.3) is 0 Å². The minimum atomic E-state index is -4.13. The fraction of sp³-hybridized carbons (Fsp3) is 0.130. The molecule has 0 aliphatic heterocycles. The number of sulfonamides is 1. The fourth-order valence-electron chi connectivity index (χ4n) is 2.93. The number of halogens is 2. The average molecular weight is 522 g/mol. The first-order valence-electron chi connectivity index (χ1n) is 10.0. The van der Waals surface area contributed by atoms with E-state index < -0.39 is 22.5 Å². The van der Waals surface area contributed by atoms with Gasteiger partial charge in [-0.15, -0.1) is 0 Å². The van der Waals surface area contributed by atoms with Gasteiger partial charge in [-0.25, -0.2) is 13.8 Å². The highest BCUT2D eigenvalue weighted by Crippen LogP contribution is 2.32. The van der Waals surface area contributed by atoms with Crippen LogP contribution in [0.1, 0.15) is 12.5 Å². The molecule has 2 N–H and O–H groups in total. The van der Waals surface area contributed by atoms with Crippen LogP contribution in [0.2, 0.25) is 10.0 Å². The molecule has 0 saturated carbocycles. The highest BCUT2D eigenvalue weighted by atomic mass is 35.5. The Hall–Kier alpha value is -3.27. The van der Waals surface area contributed by atoms with E-state index in [1.807, 2.05) is 0 Å². The second kappa shape index (κ2) is 11.2. The van der Waals surface area contributed by atoms with Crippen LogP contribution in [0, 0.1) is 0 Å². The quantitative estimate of drug-likeness (QED) is 0.319. The number of hydrogen-bond donors (Lipinski definition) is 2. The van der Waals surface area contributed by atoms with Gasteiger partial charge in [-0.3, -0.25) is 9.10 Å². The molecule has 11 heteroatoms. The molecule has 0 unspecified atom stereocenters. The Morgan fingerprint density at radius 2 is 1.85 bits per heavy atom. The van der Waals surface area contributed by atoms with Crippen molar-refractivity contribution in [3.63, 3.8) is 0 Å². The van der Waals surface area contributed by atoms with Crippen LogP contribution in [0.15, 0.2) is 76.7 Å². The molecule has 0 atom stereocenters. The van der Waals surface area contributed by atoms with E-state index in [2.05, 4.69) is 10.5 Å². The molecular formula is C23H21Cl2N3O5S.